The van der Waals surface area contributed by atoms with Gasteiger partial charge in [-0.3, -0.25) is 0 Å². The Morgan fingerprint density at radius 3 is 3.18 bits per heavy atom. The van der Waals surface area contributed by atoms with Crippen molar-refractivity contribution in [3.8, 4) is 0 Å². The highest BCUT2D eigenvalue weighted by Crippen LogP contribution is 2.27. The van der Waals surface area contributed by atoms with Crippen LogP contribution in [0, 0.1) is 12.5 Å². The third kappa shape index (κ3) is 1.74. The van der Waals surface area contributed by atoms with Crippen LogP contribution >= 0.6 is 0 Å². The first-order valence-electron chi connectivity index (χ1n) is 4.64. The minimum atomic E-state index is 0.527. The molecule has 2 fully saturated rings. The van der Waals surface area contributed by atoms with Crippen LogP contribution in [0.3, 0.4) is 0 Å². The minimum Gasteiger partial charge on any atom is -0.371 e. The molecule has 0 amide bonds. The Labute approximate surface area is 68.3 Å². The molecule has 2 rings (SSSR count). The average Bonchev–Trinajstić information content (AvgIpc) is 2.28. The molecule has 2 aliphatic rings. The highest BCUT2D eigenvalue weighted by molar-refractivity contribution is 4.81. The first-order valence-corrected chi connectivity index (χ1v) is 4.64. The Balaban J connectivity index is 1.93. The molecule has 1 aliphatic carbocycles. The maximum Gasteiger partial charge on any atom is 0.0977 e. The summed E-state index contributed by atoms with van der Waals surface area (Å²) in [6.07, 6.45) is 5.90. The molecule has 63 valence electrons. The van der Waals surface area contributed by atoms with Gasteiger partial charge in [-0.15, -0.1) is 0 Å². The Kier molecular flexibility index (Phi) is 2.44. The van der Waals surface area contributed by atoms with Crippen molar-refractivity contribution in [2.24, 2.45) is 5.92 Å². The van der Waals surface area contributed by atoms with Crippen LogP contribution in [-0.2, 0) is 4.74 Å². The average molecular weight is 154 g/mol. The Hall–Kier alpha value is -0.0800. The minimum absolute atomic E-state index is 0.527. The summed E-state index contributed by atoms with van der Waals surface area (Å²) < 4.78 is 5.62. The molecule has 2 unspecified atom stereocenters. The fourth-order valence-corrected chi connectivity index (χ4v) is 2.09. The van der Waals surface area contributed by atoms with Crippen LogP contribution in [-0.4, -0.2) is 19.2 Å². The van der Waals surface area contributed by atoms with E-state index in [1.54, 1.807) is 0 Å². The summed E-state index contributed by atoms with van der Waals surface area (Å²) in [5.41, 5.74) is 0. The molecule has 2 atom stereocenters. The first-order chi connectivity index (χ1) is 5.47. The van der Waals surface area contributed by atoms with E-state index in [4.69, 9.17) is 4.74 Å². The standard InChI is InChI=1S/C9H16NO/c1-2-4-9-8(3-1)7-10-5-6-11-9/h6,8-10H,1-5,7H2. The molecule has 2 nitrogen and oxygen atoms in total. The van der Waals surface area contributed by atoms with E-state index in [1.165, 1.54) is 25.7 Å². The van der Waals surface area contributed by atoms with E-state index in [9.17, 15) is 0 Å². The molecule has 0 spiro atoms. The van der Waals surface area contributed by atoms with Gasteiger partial charge in [0.2, 0.25) is 0 Å². The normalized spacial score (nSPS) is 39.3. The van der Waals surface area contributed by atoms with Crippen LogP contribution in [0.1, 0.15) is 25.7 Å². The predicted octanol–water partition coefficient (Wildman–Crippen LogP) is 1.33. The van der Waals surface area contributed by atoms with Gasteiger partial charge in [-0.2, -0.15) is 0 Å². The van der Waals surface area contributed by atoms with E-state index in [0.717, 1.165) is 19.0 Å². The molecule has 0 aromatic heterocycles. The molecule has 1 saturated carbocycles. The summed E-state index contributed by atoms with van der Waals surface area (Å²) in [5, 5.41) is 3.37. The molecule has 1 N–H and O–H groups in total. The van der Waals surface area contributed by atoms with Crippen LogP contribution in [0.5, 0.6) is 0 Å². The van der Waals surface area contributed by atoms with Crippen molar-refractivity contribution >= 4 is 0 Å². The first kappa shape index (κ1) is 7.56. The summed E-state index contributed by atoms with van der Waals surface area (Å²) >= 11 is 0. The number of fused-ring (bicyclic) bond motifs is 1. The van der Waals surface area contributed by atoms with Crippen molar-refractivity contribution in [2.75, 3.05) is 13.1 Å². The zero-order valence-corrected chi connectivity index (χ0v) is 6.88. The number of hydrogen-bond acceptors (Lipinski definition) is 2. The van der Waals surface area contributed by atoms with Gasteiger partial charge in [0, 0.05) is 13.1 Å². The highest BCUT2D eigenvalue weighted by Gasteiger charge is 2.26. The van der Waals surface area contributed by atoms with Gasteiger partial charge >= 0.3 is 0 Å². The molecule has 11 heavy (non-hydrogen) atoms. The van der Waals surface area contributed by atoms with Gasteiger partial charge in [0.25, 0.3) is 0 Å². The molecule has 1 aliphatic heterocycles. The molecule has 2 heteroatoms. The van der Waals surface area contributed by atoms with Crippen LogP contribution in [0.2, 0.25) is 0 Å². The molecule has 0 aromatic rings. The van der Waals surface area contributed by atoms with E-state index < -0.39 is 0 Å². The van der Waals surface area contributed by atoms with E-state index in [-0.39, 0.29) is 0 Å². The number of nitrogens with one attached hydrogen (secondary N) is 1. The summed E-state index contributed by atoms with van der Waals surface area (Å²) in [4.78, 5) is 0. The third-order valence-corrected chi connectivity index (χ3v) is 2.74. The highest BCUT2D eigenvalue weighted by atomic mass is 16.5. The van der Waals surface area contributed by atoms with E-state index in [0.29, 0.717) is 6.10 Å². The fourth-order valence-electron chi connectivity index (χ4n) is 2.09. The van der Waals surface area contributed by atoms with E-state index >= 15 is 0 Å². The van der Waals surface area contributed by atoms with Crippen molar-refractivity contribution in [1.29, 1.82) is 0 Å². The largest absolute Gasteiger partial charge is 0.371 e. The lowest BCUT2D eigenvalue weighted by molar-refractivity contribution is 0.0414. The van der Waals surface area contributed by atoms with E-state index in [2.05, 4.69) is 5.32 Å². The second kappa shape index (κ2) is 3.55. The van der Waals surface area contributed by atoms with Crippen molar-refractivity contribution < 1.29 is 4.74 Å². The van der Waals surface area contributed by atoms with Crippen molar-refractivity contribution in [2.45, 2.75) is 31.8 Å². The van der Waals surface area contributed by atoms with Gasteiger partial charge in [0.05, 0.1) is 12.7 Å². The summed E-state index contributed by atoms with van der Waals surface area (Å²) in [7, 11) is 0. The van der Waals surface area contributed by atoms with Crippen molar-refractivity contribution in [1.82, 2.24) is 5.32 Å². The molecule has 1 saturated heterocycles. The van der Waals surface area contributed by atoms with Gasteiger partial charge < -0.3 is 10.1 Å². The maximum absolute atomic E-state index is 5.62. The topological polar surface area (TPSA) is 21.3 Å². The molecule has 1 heterocycles. The van der Waals surface area contributed by atoms with Gasteiger partial charge in [0.15, 0.2) is 0 Å². The number of rotatable bonds is 0. The Morgan fingerprint density at radius 2 is 2.18 bits per heavy atom. The third-order valence-electron chi connectivity index (χ3n) is 2.74. The maximum atomic E-state index is 5.62. The lowest BCUT2D eigenvalue weighted by atomic mass is 9.86. The summed E-state index contributed by atoms with van der Waals surface area (Å²) in [6, 6.07) is 0. The summed E-state index contributed by atoms with van der Waals surface area (Å²) in [6.45, 7) is 4.00. The van der Waals surface area contributed by atoms with Gasteiger partial charge in [-0.05, 0) is 18.8 Å². The lowest BCUT2D eigenvalue weighted by Crippen LogP contribution is -2.31. The fraction of sp³-hybridized carbons (Fsp3) is 0.889. The van der Waals surface area contributed by atoms with Gasteiger partial charge in [-0.1, -0.05) is 12.8 Å². The monoisotopic (exact) mass is 154 g/mol. The number of ether oxygens (including phenoxy) is 1. The van der Waals surface area contributed by atoms with Crippen molar-refractivity contribution in [3.63, 3.8) is 0 Å². The van der Waals surface area contributed by atoms with Crippen LogP contribution in [0.4, 0.5) is 0 Å². The second-order valence-electron chi connectivity index (χ2n) is 3.54. The van der Waals surface area contributed by atoms with Crippen LogP contribution in [0.25, 0.3) is 0 Å². The molecule has 1 radical (unpaired) electrons. The smallest absolute Gasteiger partial charge is 0.0977 e. The van der Waals surface area contributed by atoms with Crippen LogP contribution < -0.4 is 5.32 Å². The lowest BCUT2D eigenvalue weighted by Gasteiger charge is -2.28. The van der Waals surface area contributed by atoms with Gasteiger partial charge in [0.1, 0.15) is 0 Å². The van der Waals surface area contributed by atoms with Gasteiger partial charge in [-0.25, -0.2) is 0 Å². The van der Waals surface area contributed by atoms with Crippen molar-refractivity contribution in [3.05, 3.63) is 6.61 Å². The summed E-state index contributed by atoms with van der Waals surface area (Å²) in [5.74, 6) is 0.780. The molecule has 0 aromatic carbocycles. The molecular formula is C9H16NO. The zero-order valence-electron chi connectivity index (χ0n) is 6.88. The number of hydrogen-bond donors (Lipinski definition) is 1. The molecule has 0 bridgehead atoms. The quantitative estimate of drug-likeness (QED) is 0.568. The molecular weight excluding hydrogens is 138 g/mol. The predicted molar refractivity (Wildman–Crippen MR) is 44.0 cm³/mol. The zero-order chi connectivity index (χ0) is 7.52. The van der Waals surface area contributed by atoms with E-state index in [1.807, 2.05) is 6.61 Å². The Bertz CT molecular complexity index is 113. The van der Waals surface area contributed by atoms with Crippen LogP contribution in [0.15, 0.2) is 0 Å². The SMILES string of the molecule is [CH]1CNCC2CCCCC2O1. The second-order valence-corrected chi connectivity index (χ2v) is 3.54. The Morgan fingerprint density at radius 1 is 1.27 bits per heavy atom.